The average Bonchev–Trinajstić information content (AvgIpc) is 3.27. The minimum Gasteiger partial charge on any atom is -0.497 e. The summed E-state index contributed by atoms with van der Waals surface area (Å²) >= 11 is 7.29. The molecule has 156 valence electrons. The van der Waals surface area contributed by atoms with Crippen molar-refractivity contribution >= 4 is 35.1 Å². The second-order valence-corrected chi connectivity index (χ2v) is 8.05. The zero-order valence-electron chi connectivity index (χ0n) is 16.4. The number of piperazine rings is 1. The number of methoxy groups -OCH3 is 1. The third kappa shape index (κ3) is 4.68. The van der Waals surface area contributed by atoms with Gasteiger partial charge in [0.1, 0.15) is 17.9 Å². The van der Waals surface area contributed by atoms with Crippen LogP contribution < -0.4 is 9.64 Å². The Kier molecular flexibility index (Phi) is 6.39. The minimum absolute atomic E-state index is 0.0907. The first-order valence-corrected chi connectivity index (χ1v) is 10.8. The van der Waals surface area contributed by atoms with Crippen molar-refractivity contribution in [1.29, 1.82) is 0 Å². The molecule has 3 heterocycles. The number of anilines is 1. The molecule has 1 amide bonds. The summed E-state index contributed by atoms with van der Waals surface area (Å²) in [5.74, 6) is 2.07. The fraction of sp³-hybridized carbons (Fsp3) is 0.300. The van der Waals surface area contributed by atoms with Gasteiger partial charge in [0.25, 0.3) is 0 Å². The van der Waals surface area contributed by atoms with Crippen molar-refractivity contribution in [3.8, 4) is 11.4 Å². The quantitative estimate of drug-likeness (QED) is 0.541. The number of thioether (sulfide) groups is 1. The summed E-state index contributed by atoms with van der Waals surface area (Å²) in [5.41, 5.74) is 0.917. The number of hydrogen-bond donors (Lipinski definition) is 0. The largest absolute Gasteiger partial charge is 0.497 e. The van der Waals surface area contributed by atoms with Crippen LogP contribution in [0.1, 0.15) is 0 Å². The topological polar surface area (TPSA) is 76.4 Å². The molecule has 1 aliphatic rings. The highest BCUT2D eigenvalue weighted by molar-refractivity contribution is 7.99. The summed E-state index contributed by atoms with van der Waals surface area (Å²) < 4.78 is 7.06. The van der Waals surface area contributed by atoms with Crippen molar-refractivity contribution in [3.63, 3.8) is 0 Å². The van der Waals surface area contributed by atoms with E-state index in [4.69, 9.17) is 16.3 Å². The van der Waals surface area contributed by atoms with E-state index in [0.29, 0.717) is 29.0 Å². The van der Waals surface area contributed by atoms with E-state index in [1.165, 1.54) is 11.8 Å². The Labute approximate surface area is 183 Å². The van der Waals surface area contributed by atoms with E-state index in [1.54, 1.807) is 19.6 Å². The summed E-state index contributed by atoms with van der Waals surface area (Å²) in [4.78, 5) is 21.1. The normalized spacial score (nSPS) is 14.1. The molecule has 10 heteroatoms. The van der Waals surface area contributed by atoms with Crippen molar-refractivity contribution in [2.45, 2.75) is 5.16 Å². The lowest BCUT2D eigenvalue weighted by atomic mass is 10.3. The standard InChI is InChI=1S/C20H21ClN6O2S/c1-29-17-5-3-16(4-6-17)27-14-23-24-20(27)30-13-19(28)26-10-8-25(9-11-26)18-7-2-15(21)12-22-18/h2-7,12,14H,8-11,13H2,1H3. The van der Waals surface area contributed by atoms with Gasteiger partial charge in [-0.05, 0) is 36.4 Å². The van der Waals surface area contributed by atoms with Gasteiger partial charge >= 0.3 is 0 Å². The van der Waals surface area contributed by atoms with Crippen LogP contribution >= 0.6 is 23.4 Å². The first-order chi connectivity index (χ1) is 14.6. The number of amides is 1. The lowest BCUT2D eigenvalue weighted by molar-refractivity contribution is -0.128. The van der Waals surface area contributed by atoms with Gasteiger partial charge in [-0.2, -0.15) is 0 Å². The van der Waals surface area contributed by atoms with E-state index in [-0.39, 0.29) is 5.91 Å². The van der Waals surface area contributed by atoms with Crippen LogP contribution in [0.2, 0.25) is 5.02 Å². The van der Waals surface area contributed by atoms with Crippen LogP contribution in [-0.4, -0.2) is 69.6 Å². The van der Waals surface area contributed by atoms with Gasteiger partial charge < -0.3 is 14.5 Å². The number of rotatable bonds is 6. The van der Waals surface area contributed by atoms with Crippen molar-refractivity contribution in [3.05, 3.63) is 53.9 Å². The Morgan fingerprint density at radius 3 is 2.57 bits per heavy atom. The van der Waals surface area contributed by atoms with Gasteiger partial charge in [0.2, 0.25) is 5.91 Å². The summed E-state index contributed by atoms with van der Waals surface area (Å²) in [6.07, 6.45) is 3.29. The first-order valence-electron chi connectivity index (χ1n) is 9.45. The number of carbonyl (C=O) groups excluding carboxylic acids is 1. The van der Waals surface area contributed by atoms with Crippen LogP contribution in [-0.2, 0) is 4.79 Å². The van der Waals surface area contributed by atoms with Gasteiger partial charge in [0.05, 0.1) is 17.9 Å². The average molecular weight is 445 g/mol. The maximum atomic E-state index is 12.7. The summed E-state index contributed by atoms with van der Waals surface area (Å²) in [6.45, 7) is 2.81. The fourth-order valence-corrected chi connectivity index (χ4v) is 4.14. The smallest absolute Gasteiger partial charge is 0.233 e. The van der Waals surface area contributed by atoms with Crippen LogP contribution in [0.15, 0.2) is 54.1 Å². The molecule has 1 aromatic carbocycles. The second-order valence-electron chi connectivity index (χ2n) is 6.67. The van der Waals surface area contributed by atoms with Crippen molar-refractivity contribution in [1.82, 2.24) is 24.6 Å². The van der Waals surface area contributed by atoms with Gasteiger partial charge in [-0.1, -0.05) is 23.4 Å². The molecule has 0 N–H and O–H groups in total. The Bertz CT molecular complexity index is 987. The minimum atomic E-state index is 0.0907. The molecular weight excluding hydrogens is 424 g/mol. The molecule has 0 aliphatic carbocycles. The van der Waals surface area contributed by atoms with E-state index in [2.05, 4.69) is 20.1 Å². The summed E-state index contributed by atoms with van der Waals surface area (Å²) in [6, 6.07) is 11.3. The molecule has 2 aromatic heterocycles. The van der Waals surface area contributed by atoms with Crippen LogP contribution in [0.5, 0.6) is 5.75 Å². The summed E-state index contributed by atoms with van der Waals surface area (Å²) in [5, 5.41) is 9.45. The van der Waals surface area contributed by atoms with Crippen LogP contribution in [0.3, 0.4) is 0 Å². The predicted octanol–water partition coefficient (Wildman–Crippen LogP) is 2.77. The molecule has 3 aromatic rings. The molecular formula is C20H21ClN6O2S. The molecule has 0 atom stereocenters. The Morgan fingerprint density at radius 2 is 1.90 bits per heavy atom. The van der Waals surface area contributed by atoms with E-state index in [9.17, 15) is 4.79 Å². The third-order valence-electron chi connectivity index (χ3n) is 4.86. The molecule has 8 nitrogen and oxygen atoms in total. The van der Waals surface area contributed by atoms with Gasteiger partial charge in [0.15, 0.2) is 5.16 Å². The van der Waals surface area contributed by atoms with Crippen LogP contribution in [0.4, 0.5) is 5.82 Å². The molecule has 30 heavy (non-hydrogen) atoms. The van der Waals surface area contributed by atoms with Crippen molar-refractivity contribution < 1.29 is 9.53 Å². The maximum absolute atomic E-state index is 12.7. The maximum Gasteiger partial charge on any atom is 0.233 e. The van der Waals surface area contributed by atoms with Gasteiger partial charge in [0, 0.05) is 38.1 Å². The Balaban J connectivity index is 1.31. The first kappa shape index (κ1) is 20.5. The van der Waals surface area contributed by atoms with E-state index in [1.807, 2.05) is 45.9 Å². The van der Waals surface area contributed by atoms with E-state index in [0.717, 1.165) is 30.3 Å². The molecule has 1 fully saturated rings. The zero-order valence-corrected chi connectivity index (χ0v) is 18.0. The highest BCUT2D eigenvalue weighted by Crippen LogP contribution is 2.22. The highest BCUT2D eigenvalue weighted by Gasteiger charge is 2.22. The third-order valence-corrected chi connectivity index (χ3v) is 6.01. The number of benzene rings is 1. The lowest BCUT2D eigenvalue weighted by Gasteiger charge is -2.35. The molecule has 1 saturated heterocycles. The molecule has 1 aliphatic heterocycles. The monoisotopic (exact) mass is 444 g/mol. The molecule has 0 bridgehead atoms. The highest BCUT2D eigenvalue weighted by atomic mass is 35.5. The number of aromatic nitrogens is 4. The molecule has 0 unspecified atom stereocenters. The number of carbonyl (C=O) groups is 1. The number of pyridine rings is 1. The second kappa shape index (κ2) is 9.36. The molecule has 0 spiro atoms. The van der Waals surface area contributed by atoms with Gasteiger partial charge in [-0.3, -0.25) is 9.36 Å². The Morgan fingerprint density at radius 1 is 1.13 bits per heavy atom. The van der Waals surface area contributed by atoms with Crippen molar-refractivity contribution in [2.75, 3.05) is 43.9 Å². The van der Waals surface area contributed by atoms with Gasteiger partial charge in [-0.25, -0.2) is 4.98 Å². The zero-order chi connectivity index (χ0) is 20.9. The summed E-state index contributed by atoms with van der Waals surface area (Å²) in [7, 11) is 1.63. The number of ether oxygens (including phenoxy) is 1. The number of hydrogen-bond acceptors (Lipinski definition) is 7. The number of nitrogens with zero attached hydrogens (tertiary/aromatic N) is 6. The van der Waals surface area contributed by atoms with Crippen LogP contribution in [0.25, 0.3) is 5.69 Å². The predicted molar refractivity (Wildman–Crippen MR) is 117 cm³/mol. The van der Waals surface area contributed by atoms with Crippen molar-refractivity contribution in [2.24, 2.45) is 0 Å². The van der Waals surface area contributed by atoms with Crippen LogP contribution in [0, 0.1) is 0 Å². The molecule has 4 rings (SSSR count). The molecule has 0 radical (unpaired) electrons. The lowest BCUT2D eigenvalue weighted by Crippen LogP contribution is -2.49. The SMILES string of the molecule is COc1ccc(-n2cnnc2SCC(=O)N2CCN(c3ccc(Cl)cn3)CC2)cc1. The fourth-order valence-electron chi connectivity index (χ4n) is 3.20. The van der Waals surface area contributed by atoms with Gasteiger partial charge in [-0.15, -0.1) is 10.2 Å². The van der Waals surface area contributed by atoms with E-state index < -0.39 is 0 Å². The van der Waals surface area contributed by atoms with E-state index >= 15 is 0 Å². The molecule has 0 saturated carbocycles. The number of halogens is 1. The Hall–Kier alpha value is -2.78.